The van der Waals surface area contributed by atoms with E-state index >= 15 is 0 Å². The fraction of sp³-hybridized carbons (Fsp3) is 0.417. The molecule has 0 radical (unpaired) electrons. The van der Waals surface area contributed by atoms with Crippen molar-refractivity contribution in [2.24, 2.45) is 0 Å². The SMILES string of the molecule is CCOC(=O)CC(C)Nc1cccc(Br)c1. The minimum Gasteiger partial charge on any atom is -0.466 e. The van der Waals surface area contributed by atoms with E-state index in [9.17, 15) is 4.79 Å². The fourth-order valence-corrected chi connectivity index (χ4v) is 1.78. The molecule has 0 aliphatic carbocycles. The van der Waals surface area contributed by atoms with E-state index in [0.29, 0.717) is 13.0 Å². The highest BCUT2D eigenvalue weighted by Crippen LogP contribution is 2.16. The van der Waals surface area contributed by atoms with Crippen LogP contribution in [0.5, 0.6) is 0 Å². The molecule has 0 aromatic heterocycles. The minimum atomic E-state index is -0.169. The number of carbonyl (C=O) groups excluding carboxylic acids is 1. The zero-order valence-corrected chi connectivity index (χ0v) is 11.1. The summed E-state index contributed by atoms with van der Waals surface area (Å²) < 4.78 is 5.90. The second-order valence-electron chi connectivity index (χ2n) is 3.56. The summed E-state index contributed by atoms with van der Waals surface area (Å²) in [5, 5.41) is 3.24. The number of esters is 1. The molecule has 1 rings (SSSR count). The van der Waals surface area contributed by atoms with Crippen LogP contribution < -0.4 is 5.32 Å². The topological polar surface area (TPSA) is 38.3 Å². The maximum atomic E-state index is 11.2. The molecule has 1 unspecified atom stereocenters. The maximum Gasteiger partial charge on any atom is 0.307 e. The van der Waals surface area contributed by atoms with E-state index < -0.39 is 0 Å². The van der Waals surface area contributed by atoms with E-state index in [-0.39, 0.29) is 12.0 Å². The standard InChI is InChI=1S/C12H16BrNO2/c1-3-16-12(15)7-9(2)14-11-6-4-5-10(13)8-11/h4-6,8-9,14H,3,7H2,1-2H3. The molecule has 1 N–H and O–H groups in total. The van der Waals surface area contributed by atoms with Gasteiger partial charge in [0.2, 0.25) is 0 Å². The number of nitrogens with one attached hydrogen (secondary N) is 1. The Balaban J connectivity index is 2.45. The number of rotatable bonds is 5. The van der Waals surface area contributed by atoms with Crippen LogP contribution >= 0.6 is 15.9 Å². The van der Waals surface area contributed by atoms with Crippen molar-refractivity contribution in [1.82, 2.24) is 0 Å². The number of hydrogen-bond acceptors (Lipinski definition) is 3. The molecule has 0 fully saturated rings. The smallest absolute Gasteiger partial charge is 0.307 e. The average molecular weight is 286 g/mol. The largest absolute Gasteiger partial charge is 0.466 e. The van der Waals surface area contributed by atoms with Gasteiger partial charge in [0.05, 0.1) is 13.0 Å². The van der Waals surface area contributed by atoms with Crippen molar-refractivity contribution in [3.05, 3.63) is 28.7 Å². The van der Waals surface area contributed by atoms with Crippen LogP contribution in [0.3, 0.4) is 0 Å². The quantitative estimate of drug-likeness (QED) is 0.845. The van der Waals surface area contributed by atoms with Crippen LogP contribution in [0, 0.1) is 0 Å². The minimum absolute atomic E-state index is 0.0633. The molecule has 88 valence electrons. The summed E-state index contributed by atoms with van der Waals surface area (Å²) in [7, 11) is 0. The second kappa shape index (κ2) is 6.53. The third-order valence-electron chi connectivity index (χ3n) is 2.02. The molecule has 0 saturated carbocycles. The molecule has 0 aliphatic heterocycles. The normalized spacial score (nSPS) is 11.9. The Kier molecular flexibility index (Phi) is 5.32. The van der Waals surface area contributed by atoms with E-state index in [1.165, 1.54) is 0 Å². The highest BCUT2D eigenvalue weighted by Gasteiger charge is 2.09. The van der Waals surface area contributed by atoms with Crippen molar-refractivity contribution in [2.75, 3.05) is 11.9 Å². The molecule has 0 heterocycles. The van der Waals surface area contributed by atoms with Crippen LogP contribution in [0.4, 0.5) is 5.69 Å². The van der Waals surface area contributed by atoms with Crippen molar-refractivity contribution < 1.29 is 9.53 Å². The predicted molar refractivity (Wildman–Crippen MR) is 68.5 cm³/mol. The zero-order valence-electron chi connectivity index (χ0n) is 9.50. The van der Waals surface area contributed by atoms with E-state index in [0.717, 1.165) is 10.2 Å². The van der Waals surface area contributed by atoms with Crippen molar-refractivity contribution >= 4 is 27.6 Å². The third kappa shape index (κ3) is 4.66. The van der Waals surface area contributed by atoms with Gasteiger partial charge in [-0.1, -0.05) is 22.0 Å². The fourth-order valence-electron chi connectivity index (χ4n) is 1.38. The van der Waals surface area contributed by atoms with Crippen LogP contribution in [0.25, 0.3) is 0 Å². The van der Waals surface area contributed by atoms with E-state index in [1.807, 2.05) is 38.1 Å². The first-order valence-corrected chi connectivity index (χ1v) is 6.09. The molecule has 1 aromatic rings. The molecule has 0 aliphatic rings. The zero-order chi connectivity index (χ0) is 12.0. The molecule has 0 amide bonds. The Bertz CT molecular complexity index is 355. The van der Waals surface area contributed by atoms with Gasteiger partial charge in [-0.2, -0.15) is 0 Å². The molecule has 0 spiro atoms. The Morgan fingerprint density at radius 3 is 2.94 bits per heavy atom. The Labute approximate surface area is 104 Å². The van der Waals surface area contributed by atoms with Crippen LogP contribution in [0.1, 0.15) is 20.3 Å². The van der Waals surface area contributed by atoms with Gasteiger partial charge >= 0.3 is 5.97 Å². The predicted octanol–water partition coefficient (Wildman–Crippen LogP) is 3.20. The number of benzene rings is 1. The lowest BCUT2D eigenvalue weighted by Gasteiger charge is -2.14. The van der Waals surface area contributed by atoms with Crippen LogP contribution in [0.15, 0.2) is 28.7 Å². The van der Waals surface area contributed by atoms with Gasteiger partial charge in [0, 0.05) is 16.2 Å². The van der Waals surface area contributed by atoms with Crippen LogP contribution in [0.2, 0.25) is 0 Å². The number of ether oxygens (including phenoxy) is 1. The van der Waals surface area contributed by atoms with Gasteiger partial charge in [0.25, 0.3) is 0 Å². The lowest BCUT2D eigenvalue weighted by Crippen LogP contribution is -2.20. The van der Waals surface area contributed by atoms with Crippen molar-refractivity contribution in [2.45, 2.75) is 26.3 Å². The molecule has 16 heavy (non-hydrogen) atoms. The van der Waals surface area contributed by atoms with Crippen molar-refractivity contribution in [3.63, 3.8) is 0 Å². The molecule has 0 saturated heterocycles. The molecule has 1 aromatic carbocycles. The Hall–Kier alpha value is -1.03. The monoisotopic (exact) mass is 285 g/mol. The molecule has 4 heteroatoms. The molecule has 3 nitrogen and oxygen atoms in total. The van der Waals surface area contributed by atoms with Gasteiger partial charge in [-0.05, 0) is 32.0 Å². The van der Waals surface area contributed by atoms with Gasteiger partial charge in [-0.25, -0.2) is 0 Å². The molecule has 0 bridgehead atoms. The average Bonchev–Trinajstić information content (AvgIpc) is 2.17. The van der Waals surface area contributed by atoms with Gasteiger partial charge in [0.15, 0.2) is 0 Å². The lowest BCUT2D eigenvalue weighted by atomic mass is 10.2. The van der Waals surface area contributed by atoms with E-state index in [4.69, 9.17) is 4.74 Å². The van der Waals surface area contributed by atoms with Gasteiger partial charge < -0.3 is 10.1 Å². The number of halogens is 1. The summed E-state index contributed by atoms with van der Waals surface area (Å²) in [6.45, 7) is 4.20. The summed E-state index contributed by atoms with van der Waals surface area (Å²) in [5.74, 6) is -0.169. The highest BCUT2D eigenvalue weighted by molar-refractivity contribution is 9.10. The summed E-state index contributed by atoms with van der Waals surface area (Å²) in [4.78, 5) is 11.2. The first kappa shape index (κ1) is 13.0. The van der Waals surface area contributed by atoms with Crippen LogP contribution in [-0.4, -0.2) is 18.6 Å². The van der Waals surface area contributed by atoms with Gasteiger partial charge in [-0.3, -0.25) is 4.79 Å². The molecular formula is C12H16BrNO2. The second-order valence-corrected chi connectivity index (χ2v) is 4.48. The number of anilines is 1. The lowest BCUT2D eigenvalue weighted by molar-refractivity contribution is -0.143. The van der Waals surface area contributed by atoms with E-state index in [1.54, 1.807) is 0 Å². The van der Waals surface area contributed by atoms with Gasteiger partial charge in [-0.15, -0.1) is 0 Å². The summed E-state index contributed by atoms with van der Waals surface area (Å²) in [5.41, 5.74) is 0.992. The Morgan fingerprint density at radius 1 is 1.56 bits per heavy atom. The third-order valence-corrected chi connectivity index (χ3v) is 2.51. The summed E-state index contributed by atoms with van der Waals surface area (Å²) in [6.07, 6.45) is 0.375. The maximum absolute atomic E-state index is 11.2. The van der Waals surface area contributed by atoms with Crippen molar-refractivity contribution in [3.8, 4) is 0 Å². The van der Waals surface area contributed by atoms with Gasteiger partial charge in [0.1, 0.15) is 0 Å². The molecule has 1 atom stereocenters. The molecular weight excluding hydrogens is 270 g/mol. The summed E-state index contributed by atoms with van der Waals surface area (Å²) in [6, 6.07) is 7.91. The number of carbonyl (C=O) groups is 1. The first-order chi connectivity index (χ1) is 7.61. The number of hydrogen-bond donors (Lipinski definition) is 1. The first-order valence-electron chi connectivity index (χ1n) is 5.29. The summed E-state index contributed by atoms with van der Waals surface area (Å²) >= 11 is 3.40. The highest BCUT2D eigenvalue weighted by atomic mass is 79.9. The Morgan fingerprint density at radius 2 is 2.31 bits per heavy atom. The van der Waals surface area contributed by atoms with Crippen molar-refractivity contribution in [1.29, 1.82) is 0 Å². The van der Waals surface area contributed by atoms with Crippen LogP contribution in [-0.2, 0) is 9.53 Å². The van der Waals surface area contributed by atoms with E-state index in [2.05, 4.69) is 21.2 Å².